The highest BCUT2D eigenvalue weighted by Crippen LogP contribution is 2.19. The van der Waals surface area contributed by atoms with E-state index in [2.05, 4.69) is 22.9 Å². The molecule has 5 heteroatoms. The van der Waals surface area contributed by atoms with Gasteiger partial charge < -0.3 is 10.2 Å². The average molecular weight is 258 g/mol. The maximum Gasteiger partial charge on any atom is 0.209 e. The van der Waals surface area contributed by atoms with Crippen LogP contribution >= 0.6 is 0 Å². The smallest absolute Gasteiger partial charge is 0.209 e. The lowest BCUT2D eigenvalue weighted by atomic mass is 10.2. The van der Waals surface area contributed by atoms with Crippen LogP contribution in [0.5, 0.6) is 0 Å². The molecule has 0 fully saturated rings. The van der Waals surface area contributed by atoms with Gasteiger partial charge in [-0.05, 0) is 31.7 Å². The Bertz CT molecular complexity index is 599. The van der Waals surface area contributed by atoms with E-state index >= 15 is 0 Å². The van der Waals surface area contributed by atoms with Gasteiger partial charge in [-0.25, -0.2) is 4.98 Å². The van der Waals surface area contributed by atoms with Gasteiger partial charge in [0.1, 0.15) is 5.52 Å². The summed E-state index contributed by atoms with van der Waals surface area (Å²) in [5.41, 5.74) is 7.92. The van der Waals surface area contributed by atoms with Crippen LogP contribution in [0, 0.1) is 17.2 Å². The molecule has 1 aromatic heterocycles. The number of benzene rings is 1. The molecule has 0 radical (unpaired) electrons. The van der Waals surface area contributed by atoms with Crippen molar-refractivity contribution in [2.24, 2.45) is 5.92 Å². The first-order valence-electron chi connectivity index (χ1n) is 6.39. The van der Waals surface area contributed by atoms with Crippen LogP contribution in [-0.2, 0) is 6.54 Å². The Morgan fingerprint density at radius 1 is 1.53 bits per heavy atom. The Morgan fingerprint density at radius 3 is 3.00 bits per heavy atom. The zero-order chi connectivity index (χ0) is 13.8. The van der Waals surface area contributed by atoms with E-state index in [-0.39, 0.29) is 5.92 Å². The van der Waals surface area contributed by atoms with E-state index in [0.29, 0.717) is 24.7 Å². The minimum atomic E-state index is -0.0000252. The molecule has 0 aliphatic heterocycles. The van der Waals surface area contributed by atoms with Gasteiger partial charge in [0.25, 0.3) is 0 Å². The summed E-state index contributed by atoms with van der Waals surface area (Å²) in [6.07, 6.45) is 0. The molecule has 2 rings (SSSR count). The molecule has 1 unspecified atom stereocenters. The standard InChI is InChI=1S/C14H18N4O/c1-3-18(8-10(2)7-15)9-14-17-12-6-11(16)4-5-13(12)19-14/h4-6,10H,3,8-9,16H2,1-2H3. The predicted molar refractivity (Wildman–Crippen MR) is 74.1 cm³/mol. The van der Waals surface area contributed by atoms with Crippen LogP contribution in [0.4, 0.5) is 5.69 Å². The van der Waals surface area contributed by atoms with Crippen molar-refractivity contribution in [2.75, 3.05) is 18.8 Å². The van der Waals surface area contributed by atoms with Crippen LogP contribution in [0.2, 0.25) is 0 Å². The van der Waals surface area contributed by atoms with Crippen molar-refractivity contribution in [1.29, 1.82) is 5.26 Å². The number of nitrogens with zero attached hydrogens (tertiary/aromatic N) is 3. The zero-order valence-corrected chi connectivity index (χ0v) is 11.3. The van der Waals surface area contributed by atoms with Gasteiger partial charge in [0, 0.05) is 12.2 Å². The van der Waals surface area contributed by atoms with Gasteiger partial charge in [-0.15, -0.1) is 0 Å². The second-order valence-electron chi connectivity index (χ2n) is 4.69. The van der Waals surface area contributed by atoms with Crippen molar-refractivity contribution >= 4 is 16.8 Å². The van der Waals surface area contributed by atoms with Crippen molar-refractivity contribution in [2.45, 2.75) is 20.4 Å². The Kier molecular flexibility index (Phi) is 4.03. The highest BCUT2D eigenvalue weighted by Gasteiger charge is 2.13. The monoisotopic (exact) mass is 258 g/mol. The molecule has 5 nitrogen and oxygen atoms in total. The van der Waals surface area contributed by atoms with E-state index in [9.17, 15) is 0 Å². The molecule has 0 aliphatic rings. The normalized spacial score (nSPS) is 12.7. The summed E-state index contributed by atoms with van der Waals surface area (Å²) in [4.78, 5) is 6.56. The fourth-order valence-corrected chi connectivity index (χ4v) is 1.98. The molecule has 19 heavy (non-hydrogen) atoms. The molecular weight excluding hydrogens is 240 g/mol. The molecule has 0 saturated heterocycles. The lowest BCUT2D eigenvalue weighted by molar-refractivity contribution is 0.237. The summed E-state index contributed by atoms with van der Waals surface area (Å²) in [6, 6.07) is 7.67. The first kappa shape index (κ1) is 13.4. The number of nitriles is 1. The third-order valence-corrected chi connectivity index (χ3v) is 3.01. The van der Waals surface area contributed by atoms with E-state index in [1.54, 1.807) is 12.1 Å². The van der Waals surface area contributed by atoms with Crippen molar-refractivity contribution in [1.82, 2.24) is 9.88 Å². The third kappa shape index (κ3) is 3.24. The molecule has 1 atom stereocenters. The fourth-order valence-electron chi connectivity index (χ4n) is 1.98. The third-order valence-electron chi connectivity index (χ3n) is 3.01. The van der Waals surface area contributed by atoms with Gasteiger partial charge in [-0.2, -0.15) is 5.26 Å². The quantitative estimate of drug-likeness (QED) is 0.833. The number of fused-ring (bicyclic) bond motifs is 1. The highest BCUT2D eigenvalue weighted by atomic mass is 16.3. The van der Waals surface area contributed by atoms with Crippen LogP contribution in [0.15, 0.2) is 22.6 Å². The number of nitrogens with two attached hydrogens (primary N) is 1. The fraction of sp³-hybridized carbons (Fsp3) is 0.429. The minimum absolute atomic E-state index is 0.0000252. The Hall–Kier alpha value is -2.06. The van der Waals surface area contributed by atoms with Gasteiger partial charge in [0.15, 0.2) is 5.58 Å². The van der Waals surface area contributed by atoms with Crippen LogP contribution in [0.25, 0.3) is 11.1 Å². The lowest BCUT2D eigenvalue weighted by Crippen LogP contribution is -2.27. The van der Waals surface area contributed by atoms with Gasteiger partial charge in [-0.3, -0.25) is 4.90 Å². The molecule has 2 aromatic rings. The summed E-state index contributed by atoms with van der Waals surface area (Å²) in [6.45, 7) is 6.15. The van der Waals surface area contributed by atoms with Gasteiger partial charge >= 0.3 is 0 Å². The Labute approximate surface area is 112 Å². The molecule has 1 aromatic carbocycles. The number of anilines is 1. The van der Waals surface area contributed by atoms with E-state index in [0.717, 1.165) is 17.6 Å². The van der Waals surface area contributed by atoms with E-state index < -0.39 is 0 Å². The van der Waals surface area contributed by atoms with Crippen LogP contribution in [0.3, 0.4) is 0 Å². The summed E-state index contributed by atoms with van der Waals surface area (Å²) in [7, 11) is 0. The summed E-state index contributed by atoms with van der Waals surface area (Å²) in [5, 5.41) is 8.86. The largest absolute Gasteiger partial charge is 0.439 e. The molecule has 1 heterocycles. The lowest BCUT2D eigenvalue weighted by Gasteiger charge is -2.19. The zero-order valence-electron chi connectivity index (χ0n) is 11.3. The van der Waals surface area contributed by atoms with E-state index in [1.807, 2.05) is 13.0 Å². The number of rotatable bonds is 5. The van der Waals surface area contributed by atoms with Gasteiger partial charge in [0.2, 0.25) is 5.89 Å². The van der Waals surface area contributed by atoms with Crippen molar-refractivity contribution in [3.05, 3.63) is 24.1 Å². The van der Waals surface area contributed by atoms with Crippen LogP contribution in [0.1, 0.15) is 19.7 Å². The second-order valence-corrected chi connectivity index (χ2v) is 4.69. The summed E-state index contributed by atoms with van der Waals surface area (Å²) >= 11 is 0. The molecule has 0 aliphatic carbocycles. The van der Waals surface area contributed by atoms with Crippen molar-refractivity contribution in [3.63, 3.8) is 0 Å². The first-order valence-corrected chi connectivity index (χ1v) is 6.39. The van der Waals surface area contributed by atoms with Crippen LogP contribution in [-0.4, -0.2) is 23.0 Å². The summed E-state index contributed by atoms with van der Waals surface area (Å²) in [5.74, 6) is 0.660. The predicted octanol–water partition coefficient (Wildman–Crippen LogP) is 2.39. The minimum Gasteiger partial charge on any atom is -0.439 e. The topological polar surface area (TPSA) is 79.1 Å². The number of hydrogen-bond donors (Lipinski definition) is 1. The Balaban J connectivity index is 2.13. The second kappa shape index (κ2) is 5.72. The van der Waals surface area contributed by atoms with Crippen molar-refractivity contribution < 1.29 is 4.42 Å². The number of nitrogen functional groups attached to an aromatic ring is 1. The maximum atomic E-state index is 8.86. The first-order chi connectivity index (χ1) is 9.12. The van der Waals surface area contributed by atoms with Gasteiger partial charge in [-0.1, -0.05) is 6.92 Å². The molecule has 2 N–H and O–H groups in total. The van der Waals surface area contributed by atoms with Crippen LogP contribution < -0.4 is 5.73 Å². The highest BCUT2D eigenvalue weighted by molar-refractivity contribution is 5.76. The molecule has 0 spiro atoms. The molecule has 0 saturated carbocycles. The summed E-state index contributed by atoms with van der Waals surface area (Å²) < 4.78 is 5.68. The van der Waals surface area contributed by atoms with E-state index in [4.69, 9.17) is 15.4 Å². The molecule has 100 valence electrons. The number of hydrogen-bond acceptors (Lipinski definition) is 5. The SMILES string of the molecule is CCN(Cc1nc2cc(N)ccc2o1)CC(C)C#N. The molecule has 0 amide bonds. The number of aromatic nitrogens is 1. The van der Waals surface area contributed by atoms with E-state index in [1.165, 1.54) is 0 Å². The average Bonchev–Trinajstić information content (AvgIpc) is 2.79. The van der Waals surface area contributed by atoms with Crippen molar-refractivity contribution in [3.8, 4) is 6.07 Å². The number of oxazole rings is 1. The van der Waals surface area contributed by atoms with Gasteiger partial charge in [0.05, 0.1) is 18.5 Å². The Morgan fingerprint density at radius 2 is 2.32 bits per heavy atom. The molecule has 0 bridgehead atoms. The molecular formula is C14H18N4O. The maximum absolute atomic E-state index is 8.86.